The molecular weight excluding hydrogens is 412 g/mol. The first-order valence-electron chi connectivity index (χ1n) is 10.5. The highest BCUT2D eigenvalue weighted by molar-refractivity contribution is 7.13. The zero-order valence-corrected chi connectivity index (χ0v) is 19.6. The second-order valence-electron chi connectivity index (χ2n) is 9.17. The lowest BCUT2D eigenvalue weighted by Crippen LogP contribution is -2.55. The van der Waals surface area contributed by atoms with Crippen LogP contribution < -0.4 is 10.6 Å². The number of rotatable bonds is 6. The molecule has 0 bridgehead atoms. The van der Waals surface area contributed by atoms with E-state index in [1.807, 2.05) is 57.5 Å². The largest absolute Gasteiger partial charge is 0.391 e. The number of aromatic nitrogens is 1. The number of aliphatic hydroxyl groups excluding tert-OH is 1. The van der Waals surface area contributed by atoms with Gasteiger partial charge in [-0.25, -0.2) is 4.98 Å². The lowest BCUT2D eigenvalue weighted by atomic mass is 9.86. The van der Waals surface area contributed by atoms with Crippen molar-refractivity contribution in [1.29, 1.82) is 0 Å². The molecule has 1 saturated heterocycles. The average Bonchev–Trinajstić information content (AvgIpc) is 3.31. The molecule has 1 aliphatic heterocycles. The van der Waals surface area contributed by atoms with E-state index in [-0.39, 0.29) is 30.2 Å². The fourth-order valence-electron chi connectivity index (χ4n) is 4.06. The van der Waals surface area contributed by atoms with Gasteiger partial charge in [-0.1, -0.05) is 45.0 Å². The van der Waals surface area contributed by atoms with Crippen LogP contribution in [0, 0.1) is 12.3 Å². The molecule has 168 valence electrons. The van der Waals surface area contributed by atoms with Crippen molar-refractivity contribution in [3.8, 4) is 10.4 Å². The quantitative estimate of drug-likeness (QED) is 0.636. The van der Waals surface area contributed by atoms with Crippen molar-refractivity contribution in [2.45, 2.75) is 58.8 Å². The van der Waals surface area contributed by atoms with Gasteiger partial charge in [0.15, 0.2) is 0 Å². The van der Waals surface area contributed by atoms with Crippen LogP contribution in [0.1, 0.15) is 38.4 Å². The van der Waals surface area contributed by atoms with Crippen LogP contribution in [-0.2, 0) is 16.1 Å². The topological polar surface area (TPSA) is 94.6 Å². The summed E-state index contributed by atoms with van der Waals surface area (Å²) in [6, 6.07) is 6.92. The van der Waals surface area contributed by atoms with Gasteiger partial charge in [0.2, 0.25) is 11.8 Å². The number of likely N-dealkylation sites (tertiary alicyclic amines) is 1. The van der Waals surface area contributed by atoms with Crippen molar-refractivity contribution >= 4 is 23.2 Å². The van der Waals surface area contributed by atoms with Crippen LogP contribution in [-0.4, -0.2) is 58.6 Å². The Balaban J connectivity index is 1.65. The molecule has 3 rings (SSSR count). The number of likely N-dealkylation sites (N-methyl/N-ethyl adjacent to an activating group) is 1. The molecule has 0 radical (unpaired) electrons. The fraction of sp³-hybridized carbons (Fsp3) is 0.522. The third kappa shape index (κ3) is 5.31. The predicted molar refractivity (Wildman–Crippen MR) is 123 cm³/mol. The highest BCUT2D eigenvalue weighted by atomic mass is 32.1. The number of nitrogens with one attached hydrogen (secondary N) is 2. The number of aliphatic hydroxyl groups is 1. The van der Waals surface area contributed by atoms with E-state index in [1.165, 1.54) is 4.90 Å². The molecule has 1 fully saturated rings. The molecule has 7 nitrogen and oxygen atoms in total. The molecule has 2 amide bonds. The van der Waals surface area contributed by atoms with E-state index >= 15 is 0 Å². The maximum Gasteiger partial charge on any atom is 0.243 e. The number of carbonyl (C=O) groups is 2. The second-order valence-corrected chi connectivity index (χ2v) is 10.0. The molecule has 1 aliphatic rings. The Morgan fingerprint density at radius 3 is 2.52 bits per heavy atom. The van der Waals surface area contributed by atoms with Gasteiger partial charge in [-0.05, 0) is 30.5 Å². The third-order valence-corrected chi connectivity index (χ3v) is 6.67. The molecule has 3 atom stereocenters. The standard InChI is InChI=1S/C23H32N4O3S/c1-14-19(31-13-26-14)16-8-6-15(7-9-16)11-25-21(29)18-10-17(28)12-27(18)22(30)20(24-5)23(2,3)4/h6-9,13,17-18,20,24,28H,10-12H2,1-5H3,(H,25,29)/t17-,18+,20-/m0/s1. The molecule has 0 aliphatic carbocycles. The van der Waals surface area contributed by atoms with Crippen molar-refractivity contribution in [1.82, 2.24) is 20.5 Å². The van der Waals surface area contributed by atoms with Gasteiger partial charge < -0.3 is 20.6 Å². The van der Waals surface area contributed by atoms with Gasteiger partial charge in [0.25, 0.3) is 0 Å². The van der Waals surface area contributed by atoms with Gasteiger partial charge in [0.05, 0.1) is 28.2 Å². The molecule has 1 aromatic heterocycles. The molecule has 0 spiro atoms. The number of hydrogen-bond acceptors (Lipinski definition) is 6. The van der Waals surface area contributed by atoms with E-state index in [0.717, 1.165) is 21.7 Å². The highest BCUT2D eigenvalue weighted by Crippen LogP contribution is 2.28. The summed E-state index contributed by atoms with van der Waals surface area (Å²) >= 11 is 1.61. The number of nitrogens with zero attached hydrogens (tertiary/aromatic N) is 2. The summed E-state index contributed by atoms with van der Waals surface area (Å²) in [4.78, 5) is 32.9. The maximum absolute atomic E-state index is 13.1. The normalized spacial score (nSPS) is 20.0. The summed E-state index contributed by atoms with van der Waals surface area (Å²) < 4.78 is 0. The lowest BCUT2D eigenvalue weighted by molar-refractivity contribution is -0.142. The summed E-state index contributed by atoms with van der Waals surface area (Å²) in [5, 5.41) is 16.2. The Kier molecular flexibility index (Phi) is 7.13. The van der Waals surface area contributed by atoms with Crippen molar-refractivity contribution in [2.24, 2.45) is 5.41 Å². The molecule has 2 heterocycles. The number of β-amino-alcohol motifs (C(OH)–C–C–N with tert-alkyl or cyclic N) is 1. The maximum atomic E-state index is 13.1. The van der Waals surface area contributed by atoms with E-state index in [2.05, 4.69) is 15.6 Å². The molecule has 8 heteroatoms. The van der Waals surface area contributed by atoms with E-state index < -0.39 is 18.2 Å². The number of hydrogen-bond donors (Lipinski definition) is 3. The number of thiazole rings is 1. The van der Waals surface area contributed by atoms with Crippen molar-refractivity contribution in [3.63, 3.8) is 0 Å². The smallest absolute Gasteiger partial charge is 0.243 e. The summed E-state index contributed by atoms with van der Waals surface area (Å²) in [6.07, 6.45) is -0.444. The van der Waals surface area contributed by atoms with Crippen LogP contribution >= 0.6 is 11.3 Å². The van der Waals surface area contributed by atoms with Gasteiger partial charge in [-0.15, -0.1) is 11.3 Å². The Hall–Kier alpha value is -2.29. The first-order valence-corrected chi connectivity index (χ1v) is 11.4. The highest BCUT2D eigenvalue weighted by Gasteiger charge is 2.43. The van der Waals surface area contributed by atoms with Gasteiger partial charge >= 0.3 is 0 Å². The average molecular weight is 445 g/mol. The summed E-state index contributed by atoms with van der Waals surface area (Å²) in [7, 11) is 1.74. The minimum absolute atomic E-state index is 0.156. The molecule has 31 heavy (non-hydrogen) atoms. The van der Waals surface area contributed by atoms with E-state index in [0.29, 0.717) is 6.54 Å². The predicted octanol–water partition coefficient (Wildman–Crippen LogP) is 2.33. The van der Waals surface area contributed by atoms with Gasteiger partial charge in [-0.2, -0.15) is 0 Å². The molecule has 3 N–H and O–H groups in total. The Labute approximate surface area is 187 Å². The summed E-state index contributed by atoms with van der Waals surface area (Å²) in [5.41, 5.74) is 4.61. The van der Waals surface area contributed by atoms with Crippen molar-refractivity contribution in [3.05, 3.63) is 41.0 Å². The van der Waals surface area contributed by atoms with Crippen LogP contribution in [0.15, 0.2) is 29.8 Å². The van der Waals surface area contributed by atoms with Gasteiger partial charge in [-0.3, -0.25) is 9.59 Å². The Morgan fingerprint density at radius 1 is 1.29 bits per heavy atom. The monoisotopic (exact) mass is 444 g/mol. The minimum atomic E-state index is -0.695. The summed E-state index contributed by atoms with van der Waals surface area (Å²) in [5.74, 6) is -0.396. The number of carbonyl (C=O) groups excluding carboxylic acids is 2. The minimum Gasteiger partial charge on any atom is -0.391 e. The molecule has 1 aromatic carbocycles. The lowest BCUT2D eigenvalue weighted by Gasteiger charge is -2.34. The number of amides is 2. The SMILES string of the molecule is CN[C@@H](C(=O)N1C[C@@H](O)C[C@@H]1C(=O)NCc1ccc(-c2scnc2C)cc1)C(C)(C)C. The van der Waals surface area contributed by atoms with Crippen molar-refractivity contribution in [2.75, 3.05) is 13.6 Å². The molecule has 2 aromatic rings. The first kappa shape index (κ1) is 23.4. The van der Waals surface area contributed by atoms with Crippen molar-refractivity contribution < 1.29 is 14.7 Å². The zero-order chi connectivity index (χ0) is 22.8. The molecular formula is C23H32N4O3S. The number of benzene rings is 1. The van der Waals surface area contributed by atoms with E-state index in [4.69, 9.17) is 0 Å². The van der Waals surface area contributed by atoms with Crippen LogP contribution in [0.25, 0.3) is 10.4 Å². The number of aryl methyl sites for hydroxylation is 1. The Morgan fingerprint density at radius 2 is 1.97 bits per heavy atom. The van der Waals surface area contributed by atoms with E-state index in [1.54, 1.807) is 18.4 Å². The van der Waals surface area contributed by atoms with Gasteiger partial charge in [0, 0.05) is 19.5 Å². The zero-order valence-electron chi connectivity index (χ0n) is 18.8. The third-order valence-electron chi connectivity index (χ3n) is 5.69. The van der Waals surface area contributed by atoms with Crippen LogP contribution in [0.5, 0.6) is 0 Å². The summed E-state index contributed by atoms with van der Waals surface area (Å²) in [6.45, 7) is 8.46. The first-order chi connectivity index (χ1) is 14.6. The molecule has 0 saturated carbocycles. The van der Waals surface area contributed by atoms with E-state index in [9.17, 15) is 14.7 Å². The van der Waals surface area contributed by atoms with Crippen LogP contribution in [0.3, 0.4) is 0 Å². The molecule has 0 unspecified atom stereocenters. The van der Waals surface area contributed by atoms with Gasteiger partial charge in [0.1, 0.15) is 6.04 Å². The Bertz CT molecular complexity index is 920. The van der Waals surface area contributed by atoms with Crippen LogP contribution in [0.2, 0.25) is 0 Å². The van der Waals surface area contributed by atoms with Crippen LogP contribution in [0.4, 0.5) is 0 Å². The fourth-order valence-corrected chi connectivity index (χ4v) is 4.87. The second kappa shape index (κ2) is 9.46.